The van der Waals surface area contributed by atoms with Crippen LogP contribution in [0.2, 0.25) is 0 Å². The molecule has 1 fully saturated rings. The molecule has 0 spiro atoms. The smallest absolute Gasteiger partial charge is 0.272 e. The van der Waals surface area contributed by atoms with Gasteiger partial charge in [-0.2, -0.15) is 5.26 Å². The molecule has 1 N–H and O–H groups in total. The molecular formula is C19H18BrN5O2. The van der Waals surface area contributed by atoms with E-state index in [1.807, 2.05) is 12.1 Å². The number of halogens is 1. The fourth-order valence-electron chi connectivity index (χ4n) is 2.98. The minimum absolute atomic E-state index is 0.0794. The zero-order valence-corrected chi connectivity index (χ0v) is 16.4. The van der Waals surface area contributed by atoms with E-state index in [1.165, 1.54) is 0 Å². The van der Waals surface area contributed by atoms with Crippen molar-refractivity contribution in [2.45, 2.75) is 19.8 Å². The highest BCUT2D eigenvalue weighted by Crippen LogP contribution is 2.21. The molecule has 0 saturated carbocycles. The summed E-state index contributed by atoms with van der Waals surface area (Å²) in [5.41, 5.74) is 1.33. The van der Waals surface area contributed by atoms with E-state index in [0.717, 1.165) is 4.47 Å². The van der Waals surface area contributed by atoms with Crippen molar-refractivity contribution in [2.75, 3.05) is 18.4 Å². The average Bonchev–Trinajstić information content (AvgIpc) is 2.69. The molecule has 2 amide bonds. The third kappa shape index (κ3) is 4.49. The van der Waals surface area contributed by atoms with E-state index in [-0.39, 0.29) is 17.7 Å². The Kier molecular flexibility index (Phi) is 5.81. The van der Waals surface area contributed by atoms with Gasteiger partial charge in [0.15, 0.2) is 0 Å². The summed E-state index contributed by atoms with van der Waals surface area (Å²) in [7, 11) is 0. The van der Waals surface area contributed by atoms with Gasteiger partial charge in [0, 0.05) is 29.7 Å². The van der Waals surface area contributed by atoms with Crippen molar-refractivity contribution in [3.8, 4) is 6.07 Å². The Labute approximate surface area is 165 Å². The molecule has 8 heteroatoms. The molecule has 0 aliphatic carbocycles. The molecule has 0 atom stereocenters. The largest absolute Gasteiger partial charge is 0.337 e. The monoisotopic (exact) mass is 427 g/mol. The number of nitrogens with one attached hydrogen (secondary N) is 1. The summed E-state index contributed by atoms with van der Waals surface area (Å²) in [6, 6.07) is 8.78. The molecule has 3 rings (SSSR count). The van der Waals surface area contributed by atoms with E-state index in [9.17, 15) is 9.59 Å². The van der Waals surface area contributed by atoms with Gasteiger partial charge in [0.2, 0.25) is 5.91 Å². The zero-order valence-electron chi connectivity index (χ0n) is 14.8. The van der Waals surface area contributed by atoms with Crippen LogP contribution in [0.25, 0.3) is 0 Å². The predicted octanol–water partition coefficient (Wildman–Crippen LogP) is 2.91. The SMILES string of the molecule is Cc1nc(C(=O)N2CCC(C(=O)Nc3ccc(Br)cn3)CC2)ccc1C#N. The second-order valence-corrected chi connectivity index (χ2v) is 7.27. The highest BCUT2D eigenvalue weighted by Gasteiger charge is 2.28. The lowest BCUT2D eigenvalue weighted by atomic mass is 9.95. The van der Waals surface area contributed by atoms with Gasteiger partial charge in [0.05, 0.1) is 11.3 Å². The number of aromatic nitrogens is 2. The van der Waals surface area contributed by atoms with E-state index in [0.29, 0.717) is 48.7 Å². The zero-order chi connectivity index (χ0) is 19.4. The second-order valence-electron chi connectivity index (χ2n) is 6.36. The van der Waals surface area contributed by atoms with Gasteiger partial charge in [-0.25, -0.2) is 9.97 Å². The summed E-state index contributed by atoms with van der Waals surface area (Å²) in [4.78, 5) is 35.1. The van der Waals surface area contributed by atoms with Crippen molar-refractivity contribution in [1.29, 1.82) is 5.26 Å². The number of hydrogen-bond donors (Lipinski definition) is 1. The molecule has 1 aliphatic rings. The van der Waals surface area contributed by atoms with Crippen LogP contribution in [0.4, 0.5) is 5.82 Å². The number of hydrogen-bond acceptors (Lipinski definition) is 5. The first-order valence-corrected chi connectivity index (χ1v) is 9.36. The van der Waals surface area contributed by atoms with Crippen LogP contribution in [0.5, 0.6) is 0 Å². The van der Waals surface area contributed by atoms with Crippen molar-refractivity contribution in [2.24, 2.45) is 5.92 Å². The minimum Gasteiger partial charge on any atom is -0.337 e. The molecule has 27 heavy (non-hydrogen) atoms. The Balaban J connectivity index is 1.57. The molecule has 1 saturated heterocycles. The number of rotatable bonds is 3. The minimum atomic E-state index is -0.170. The fourth-order valence-corrected chi connectivity index (χ4v) is 3.22. The molecule has 2 aromatic rings. The first-order valence-electron chi connectivity index (χ1n) is 8.57. The van der Waals surface area contributed by atoms with E-state index >= 15 is 0 Å². The summed E-state index contributed by atoms with van der Waals surface area (Å²) in [6.07, 6.45) is 2.80. The lowest BCUT2D eigenvalue weighted by Gasteiger charge is -2.31. The Morgan fingerprint density at radius 3 is 2.59 bits per heavy atom. The highest BCUT2D eigenvalue weighted by atomic mass is 79.9. The van der Waals surface area contributed by atoms with Crippen molar-refractivity contribution in [3.05, 3.63) is 51.9 Å². The van der Waals surface area contributed by atoms with Crippen LogP contribution < -0.4 is 5.32 Å². The van der Waals surface area contributed by atoms with Gasteiger partial charge in [-0.05, 0) is 60.0 Å². The third-order valence-electron chi connectivity index (χ3n) is 4.56. The van der Waals surface area contributed by atoms with Crippen LogP contribution in [0.3, 0.4) is 0 Å². The molecule has 1 aliphatic heterocycles. The maximum Gasteiger partial charge on any atom is 0.272 e. The maximum atomic E-state index is 12.6. The fraction of sp³-hybridized carbons (Fsp3) is 0.316. The van der Waals surface area contributed by atoms with Gasteiger partial charge in [-0.15, -0.1) is 0 Å². The lowest BCUT2D eigenvalue weighted by molar-refractivity contribution is -0.121. The van der Waals surface area contributed by atoms with Crippen molar-refractivity contribution >= 4 is 33.6 Å². The number of pyridine rings is 2. The van der Waals surface area contributed by atoms with E-state index in [4.69, 9.17) is 5.26 Å². The van der Waals surface area contributed by atoms with Gasteiger partial charge in [0.25, 0.3) is 5.91 Å². The Morgan fingerprint density at radius 1 is 1.26 bits per heavy atom. The molecule has 138 valence electrons. The van der Waals surface area contributed by atoms with Gasteiger partial charge in [0.1, 0.15) is 17.6 Å². The first-order chi connectivity index (χ1) is 13.0. The van der Waals surface area contributed by atoms with Crippen LogP contribution in [0.15, 0.2) is 34.9 Å². The van der Waals surface area contributed by atoms with Gasteiger partial charge < -0.3 is 10.2 Å². The lowest BCUT2D eigenvalue weighted by Crippen LogP contribution is -2.41. The number of carbonyl (C=O) groups excluding carboxylic acids is 2. The standard InChI is InChI=1S/C19H18BrN5O2/c1-12-14(10-21)2-4-16(23-12)19(27)25-8-6-13(7-9-25)18(26)24-17-5-3-15(20)11-22-17/h2-5,11,13H,6-9H2,1H3,(H,22,24,26). The van der Waals surface area contributed by atoms with Crippen LogP contribution in [0.1, 0.15) is 34.6 Å². The van der Waals surface area contributed by atoms with Gasteiger partial charge in [-0.1, -0.05) is 0 Å². The van der Waals surface area contributed by atoms with Crippen LogP contribution in [-0.2, 0) is 4.79 Å². The molecule has 0 aromatic carbocycles. The number of nitrogens with zero attached hydrogens (tertiary/aromatic N) is 4. The van der Waals surface area contributed by atoms with Crippen molar-refractivity contribution in [3.63, 3.8) is 0 Å². The Bertz CT molecular complexity index is 899. The number of anilines is 1. The second kappa shape index (κ2) is 8.27. The summed E-state index contributed by atoms with van der Waals surface area (Å²) in [5.74, 6) is 0.106. The quantitative estimate of drug-likeness (QED) is 0.811. The Hall–Kier alpha value is -2.79. The number of carbonyl (C=O) groups is 2. The van der Waals surface area contributed by atoms with Crippen LogP contribution in [0, 0.1) is 24.2 Å². The number of amides is 2. The number of aryl methyl sites for hydroxylation is 1. The van der Waals surface area contributed by atoms with Crippen molar-refractivity contribution < 1.29 is 9.59 Å². The predicted molar refractivity (Wildman–Crippen MR) is 103 cm³/mol. The van der Waals surface area contributed by atoms with Crippen molar-refractivity contribution in [1.82, 2.24) is 14.9 Å². The molecule has 0 unspecified atom stereocenters. The molecule has 0 radical (unpaired) electrons. The van der Waals surface area contributed by atoms with E-state index < -0.39 is 0 Å². The number of nitriles is 1. The number of likely N-dealkylation sites (tertiary alicyclic amines) is 1. The molecule has 0 bridgehead atoms. The topological polar surface area (TPSA) is 99.0 Å². The Morgan fingerprint density at radius 2 is 2.00 bits per heavy atom. The van der Waals surface area contributed by atoms with Crippen LogP contribution >= 0.6 is 15.9 Å². The van der Waals surface area contributed by atoms with E-state index in [1.54, 1.807) is 36.2 Å². The molecule has 2 aromatic heterocycles. The first kappa shape index (κ1) is 19.0. The number of piperidine rings is 1. The maximum absolute atomic E-state index is 12.6. The normalized spacial score (nSPS) is 14.5. The summed E-state index contributed by atoms with van der Waals surface area (Å²) >= 11 is 3.31. The third-order valence-corrected chi connectivity index (χ3v) is 5.03. The van der Waals surface area contributed by atoms with Gasteiger partial charge >= 0.3 is 0 Å². The summed E-state index contributed by atoms with van der Waals surface area (Å²) in [6.45, 7) is 2.69. The molecule has 7 nitrogen and oxygen atoms in total. The van der Waals surface area contributed by atoms with Crippen LogP contribution in [-0.4, -0.2) is 39.8 Å². The van der Waals surface area contributed by atoms with E-state index in [2.05, 4.69) is 31.2 Å². The highest BCUT2D eigenvalue weighted by molar-refractivity contribution is 9.10. The summed E-state index contributed by atoms with van der Waals surface area (Å²) < 4.78 is 0.846. The summed E-state index contributed by atoms with van der Waals surface area (Å²) in [5, 5.41) is 11.8. The molecule has 3 heterocycles. The average molecular weight is 428 g/mol. The molecular weight excluding hydrogens is 410 g/mol. The van der Waals surface area contributed by atoms with Gasteiger partial charge in [-0.3, -0.25) is 9.59 Å².